The second-order valence-electron chi connectivity index (χ2n) is 5.48. The molecular weight excluding hydrogens is 252 g/mol. The minimum absolute atomic E-state index is 0.611. The van der Waals surface area contributed by atoms with Crippen LogP contribution in [-0.2, 0) is 0 Å². The van der Waals surface area contributed by atoms with Gasteiger partial charge < -0.3 is 15.3 Å². The molecule has 1 saturated heterocycles. The number of pyridine rings is 2. The molecule has 0 spiro atoms. The average molecular weight is 272 g/mol. The molecule has 106 valence electrons. The Kier molecular flexibility index (Phi) is 3.54. The molecule has 3 rings (SSSR count). The van der Waals surface area contributed by atoms with Crippen LogP contribution in [0.4, 0.5) is 5.69 Å². The van der Waals surface area contributed by atoms with Crippen LogP contribution in [0.15, 0.2) is 30.6 Å². The van der Waals surface area contributed by atoms with Gasteiger partial charge in [-0.25, -0.2) is 0 Å². The van der Waals surface area contributed by atoms with E-state index in [1.165, 1.54) is 0 Å². The zero-order valence-electron chi connectivity index (χ0n) is 11.7. The fourth-order valence-corrected chi connectivity index (χ4v) is 3.01. The Morgan fingerprint density at radius 2 is 2.25 bits per heavy atom. The first-order valence-electron chi connectivity index (χ1n) is 7.03. The predicted octanol–water partition coefficient (Wildman–Crippen LogP) is 1.18. The van der Waals surface area contributed by atoms with Crippen molar-refractivity contribution in [3.63, 3.8) is 0 Å². The molecule has 0 radical (unpaired) electrons. The van der Waals surface area contributed by atoms with Crippen LogP contribution in [0.1, 0.15) is 12.8 Å². The van der Waals surface area contributed by atoms with Gasteiger partial charge in [0.1, 0.15) is 5.52 Å². The maximum Gasteiger partial charge on any atom is 0.112 e. The van der Waals surface area contributed by atoms with E-state index in [1.54, 1.807) is 6.20 Å². The Labute approximate surface area is 118 Å². The highest BCUT2D eigenvalue weighted by atomic mass is 16.3. The zero-order valence-corrected chi connectivity index (χ0v) is 11.7. The SMILES string of the molecule is CNC[C@@]1(O)CCCN(c2ccnc3cccnc23)C1. The van der Waals surface area contributed by atoms with Gasteiger partial charge in [-0.3, -0.25) is 9.97 Å². The van der Waals surface area contributed by atoms with Crippen LogP contribution in [0, 0.1) is 0 Å². The summed E-state index contributed by atoms with van der Waals surface area (Å²) in [6.45, 7) is 2.19. The number of aromatic nitrogens is 2. The number of β-amino-alcohol motifs (C(OH)–C–C–N with tert-alkyl or cyclic N) is 1. The molecule has 0 aliphatic carbocycles. The van der Waals surface area contributed by atoms with Crippen molar-refractivity contribution in [1.82, 2.24) is 15.3 Å². The molecule has 0 bridgehead atoms. The molecule has 1 atom stereocenters. The molecule has 0 saturated carbocycles. The van der Waals surface area contributed by atoms with E-state index in [1.807, 2.05) is 31.4 Å². The van der Waals surface area contributed by atoms with Crippen LogP contribution in [0.5, 0.6) is 0 Å². The molecule has 2 aromatic rings. The van der Waals surface area contributed by atoms with E-state index in [9.17, 15) is 5.11 Å². The third kappa shape index (κ3) is 2.46. The second-order valence-corrected chi connectivity index (χ2v) is 5.48. The van der Waals surface area contributed by atoms with E-state index in [4.69, 9.17) is 0 Å². The second kappa shape index (κ2) is 5.34. The topological polar surface area (TPSA) is 61.3 Å². The van der Waals surface area contributed by atoms with Gasteiger partial charge in [0.2, 0.25) is 0 Å². The summed E-state index contributed by atoms with van der Waals surface area (Å²) >= 11 is 0. The molecule has 3 heterocycles. The van der Waals surface area contributed by atoms with Crippen molar-refractivity contribution in [2.45, 2.75) is 18.4 Å². The largest absolute Gasteiger partial charge is 0.387 e. The van der Waals surface area contributed by atoms with Gasteiger partial charge in [-0.1, -0.05) is 0 Å². The number of anilines is 1. The number of hydrogen-bond acceptors (Lipinski definition) is 5. The lowest BCUT2D eigenvalue weighted by atomic mass is 9.92. The number of rotatable bonds is 3. The summed E-state index contributed by atoms with van der Waals surface area (Å²) in [7, 11) is 1.88. The summed E-state index contributed by atoms with van der Waals surface area (Å²) in [5.74, 6) is 0. The lowest BCUT2D eigenvalue weighted by molar-refractivity contribution is 0.0282. The van der Waals surface area contributed by atoms with Gasteiger partial charge in [0.05, 0.1) is 16.8 Å². The summed E-state index contributed by atoms with van der Waals surface area (Å²) in [6.07, 6.45) is 5.41. The van der Waals surface area contributed by atoms with Crippen LogP contribution in [-0.4, -0.2) is 47.4 Å². The van der Waals surface area contributed by atoms with Crippen molar-refractivity contribution >= 4 is 16.7 Å². The van der Waals surface area contributed by atoms with E-state index in [-0.39, 0.29) is 0 Å². The van der Waals surface area contributed by atoms with Gasteiger partial charge in [-0.05, 0) is 38.1 Å². The zero-order chi connectivity index (χ0) is 14.0. The summed E-state index contributed by atoms with van der Waals surface area (Å²) in [6, 6.07) is 5.85. The molecular formula is C15H20N4O. The van der Waals surface area contributed by atoms with Crippen molar-refractivity contribution in [1.29, 1.82) is 0 Å². The number of aliphatic hydroxyl groups is 1. The number of nitrogens with zero attached hydrogens (tertiary/aromatic N) is 3. The quantitative estimate of drug-likeness (QED) is 0.878. The summed E-state index contributed by atoms with van der Waals surface area (Å²) < 4.78 is 0. The van der Waals surface area contributed by atoms with E-state index in [0.717, 1.165) is 36.1 Å². The molecule has 2 aromatic heterocycles. The molecule has 1 aliphatic heterocycles. The van der Waals surface area contributed by atoms with Crippen LogP contribution < -0.4 is 10.2 Å². The Balaban J connectivity index is 1.94. The maximum atomic E-state index is 10.6. The molecule has 20 heavy (non-hydrogen) atoms. The highest BCUT2D eigenvalue weighted by Gasteiger charge is 2.33. The number of piperidine rings is 1. The van der Waals surface area contributed by atoms with Crippen LogP contribution in [0.3, 0.4) is 0 Å². The molecule has 5 heteroatoms. The Morgan fingerprint density at radius 1 is 1.35 bits per heavy atom. The first-order valence-corrected chi connectivity index (χ1v) is 7.03. The third-order valence-corrected chi connectivity index (χ3v) is 3.88. The predicted molar refractivity (Wildman–Crippen MR) is 79.9 cm³/mol. The molecule has 5 nitrogen and oxygen atoms in total. The monoisotopic (exact) mass is 272 g/mol. The van der Waals surface area contributed by atoms with Crippen molar-refractivity contribution in [3.05, 3.63) is 30.6 Å². The summed E-state index contributed by atoms with van der Waals surface area (Å²) in [5.41, 5.74) is 2.19. The van der Waals surface area contributed by atoms with Gasteiger partial charge in [0, 0.05) is 32.0 Å². The van der Waals surface area contributed by atoms with E-state index in [0.29, 0.717) is 13.1 Å². The fraction of sp³-hybridized carbons (Fsp3) is 0.467. The first-order chi connectivity index (χ1) is 9.72. The minimum Gasteiger partial charge on any atom is -0.387 e. The Morgan fingerprint density at radius 3 is 3.10 bits per heavy atom. The van der Waals surface area contributed by atoms with Crippen LogP contribution >= 0.6 is 0 Å². The molecule has 2 N–H and O–H groups in total. The maximum absolute atomic E-state index is 10.6. The van der Waals surface area contributed by atoms with Crippen molar-refractivity contribution in [2.24, 2.45) is 0 Å². The molecule has 1 fully saturated rings. The molecule has 1 aliphatic rings. The normalized spacial score (nSPS) is 23.2. The standard InChI is InChI=1S/C15H20N4O/c1-16-10-15(20)6-3-9-19(11-15)13-5-8-17-12-4-2-7-18-14(12)13/h2,4-5,7-8,16,20H,3,6,9-11H2,1H3/t15-/m0/s1. The minimum atomic E-state index is -0.669. The molecule has 0 unspecified atom stereocenters. The number of nitrogens with one attached hydrogen (secondary N) is 1. The third-order valence-electron chi connectivity index (χ3n) is 3.88. The average Bonchev–Trinajstić information content (AvgIpc) is 2.46. The van der Waals surface area contributed by atoms with E-state index >= 15 is 0 Å². The van der Waals surface area contributed by atoms with Crippen molar-refractivity contribution < 1.29 is 5.11 Å². The van der Waals surface area contributed by atoms with Crippen LogP contribution in [0.2, 0.25) is 0 Å². The molecule has 0 amide bonds. The van der Waals surface area contributed by atoms with E-state index < -0.39 is 5.60 Å². The van der Waals surface area contributed by atoms with Gasteiger partial charge >= 0.3 is 0 Å². The van der Waals surface area contributed by atoms with E-state index in [2.05, 4.69) is 20.2 Å². The highest BCUT2D eigenvalue weighted by molar-refractivity contribution is 5.87. The number of hydrogen-bond donors (Lipinski definition) is 2. The van der Waals surface area contributed by atoms with Gasteiger partial charge in [-0.15, -0.1) is 0 Å². The lowest BCUT2D eigenvalue weighted by Gasteiger charge is -2.40. The smallest absolute Gasteiger partial charge is 0.112 e. The lowest BCUT2D eigenvalue weighted by Crippen LogP contribution is -2.53. The van der Waals surface area contributed by atoms with Crippen molar-refractivity contribution in [3.8, 4) is 0 Å². The Bertz CT molecular complexity index is 594. The van der Waals surface area contributed by atoms with Gasteiger partial charge in [-0.2, -0.15) is 0 Å². The summed E-state index contributed by atoms with van der Waals surface area (Å²) in [5, 5.41) is 13.7. The first kappa shape index (κ1) is 13.3. The molecule has 0 aromatic carbocycles. The number of fused-ring (bicyclic) bond motifs is 1. The highest BCUT2D eigenvalue weighted by Crippen LogP contribution is 2.29. The van der Waals surface area contributed by atoms with Crippen molar-refractivity contribution in [2.75, 3.05) is 31.6 Å². The van der Waals surface area contributed by atoms with Crippen LogP contribution in [0.25, 0.3) is 11.0 Å². The summed E-state index contributed by atoms with van der Waals surface area (Å²) in [4.78, 5) is 11.0. The Hall–Kier alpha value is -1.72. The number of likely N-dealkylation sites (N-methyl/N-ethyl adjacent to an activating group) is 1. The van der Waals surface area contributed by atoms with Gasteiger partial charge in [0.25, 0.3) is 0 Å². The fourth-order valence-electron chi connectivity index (χ4n) is 3.01. The van der Waals surface area contributed by atoms with Gasteiger partial charge in [0.15, 0.2) is 0 Å².